The topological polar surface area (TPSA) is 97.4 Å². The molecule has 1 aromatic carbocycles. The minimum Gasteiger partial charge on any atom is -0.488 e. The third-order valence-electron chi connectivity index (χ3n) is 6.49. The number of methoxy groups -OCH3 is 1. The smallest absolute Gasteiger partial charge is 0.269 e. The van der Waals surface area contributed by atoms with Gasteiger partial charge < -0.3 is 19.4 Å². The van der Waals surface area contributed by atoms with Gasteiger partial charge in [-0.1, -0.05) is 0 Å². The van der Waals surface area contributed by atoms with E-state index in [4.69, 9.17) is 9.47 Å². The Morgan fingerprint density at radius 2 is 2.03 bits per heavy atom. The average molecular weight is 507 g/mol. The zero-order valence-corrected chi connectivity index (χ0v) is 20.2. The van der Waals surface area contributed by atoms with Gasteiger partial charge in [0.25, 0.3) is 12.3 Å². The molecule has 4 heterocycles. The molecule has 1 amide bonds. The van der Waals surface area contributed by atoms with Crippen molar-refractivity contribution < 1.29 is 23.0 Å². The van der Waals surface area contributed by atoms with E-state index >= 15 is 0 Å². The van der Waals surface area contributed by atoms with Gasteiger partial charge in [-0.05, 0) is 42.8 Å². The van der Waals surface area contributed by atoms with E-state index in [0.29, 0.717) is 47.5 Å². The van der Waals surface area contributed by atoms with E-state index in [0.717, 1.165) is 10.9 Å². The van der Waals surface area contributed by atoms with E-state index < -0.39 is 6.43 Å². The number of hydrogen-bond donors (Lipinski definition) is 1. The highest BCUT2D eigenvalue weighted by Crippen LogP contribution is 2.37. The first-order valence-corrected chi connectivity index (χ1v) is 11.7. The Labute approximate surface area is 210 Å². The van der Waals surface area contributed by atoms with Crippen molar-refractivity contribution >= 4 is 16.8 Å². The summed E-state index contributed by atoms with van der Waals surface area (Å²) in [6.45, 7) is 2.82. The molecule has 0 saturated carbocycles. The first-order chi connectivity index (χ1) is 17.9. The van der Waals surface area contributed by atoms with Crippen molar-refractivity contribution in [2.24, 2.45) is 0 Å². The van der Waals surface area contributed by atoms with Crippen LogP contribution in [-0.4, -0.2) is 52.1 Å². The van der Waals surface area contributed by atoms with Gasteiger partial charge in [0.15, 0.2) is 0 Å². The average Bonchev–Trinajstić information content (AvgIpc) is 3.38. The van der Waals surface area contributed by atoms with Crippen molar-refractivity contribution in [2.45, 2.75) is 25.9 Å². The molecule has 0 aliphatic carbocycles. The van der Waals surface area contributed by atoms with Gasteiger partial charge in [0.1, 0.15) is 11.9 Å². The number of likely N-dealkylation sites (tertiary alicyclic amines) is 1. The minimum absolute atomic E-state index is 0.111. The van der Waals surface area contributed by atoms with Crippen LogP contribution in [0.4, 0.5) is 8.78 Å². The van der Waals surface area contributed by atoms with E-state index in [9.17, 15) is 18.4 Å². The summed E-state index contributed by atoms with van der Waals surface area (Å²) in [5.41, 5.74) is 2.57. The third-order valence-corrected chi connectivity index (χ3v) is 6.49. The predicted molar refractivity (Wildman–Crippen MR) is 133 cm³/mol. The van der Waals surface area contributed by atoms with Gasteiger partial charge in [-0.15, -0.1) is 0 Å². The Balaban J connectivity index is 1.43. The van der Waals surface area contributed by atoms with Crippen molar-refractivity contribution in [3.63, 3.8) is 0 Å². The fourth-order valence-electron chi connectivity index (χ4n) is 4.63. The standard InChI is InChI=1S/C27H24F2N4O4/c1-15-22(37-18-8-10-33(14-18)27(35)16-3-6-23(34)31-12-16)5-4-21-24(15)19(7-9-30-21)17-11-20(25(28)29)26(36-2)32-13-17/h3-7,9,11-13,18,25H,8,10,14H2,1-2H3,(H,31,34)/t18-/m0/s1. The van der Waals surface area contributed by atoms with Crippen molar-refractivity contribution in [3.05, 3.63) is 82.0 Å². The Morgan fingerprint density at radius 1 is 1.19 bits per heavy atom. The fraction of sp³-hybridized carbons (Fsp3) is 0.259. The van der Waals surface area contributed by atoms with E-state index in [-0.39, 0.29) is 29.0 Å². The highest BCUT2D eigenvalue weighted by atomic mass is 19.3. The maximum atomic E-state index is 13.6. The van der Waals surface area contributed by atoms with Crippen LogP contribution in [0.5, 0.6) is 11.6 Å². The zero-order chi connectivity index (χ0) is 26.1. The van der Waals surface area contributed by atoms with Gasteiger partial charge in [0.05, 0.1) is 30.3 Å². The molecule has 1 atom stereocenters. The summed E-state index contributed by atoms with van der Waals surface area (Å²) in [6.07, 6.45) is 2.22. The molecule has 10 heteroatoms. The highest BCUT2D eigenvalue weighted by molar-refractivity contribution is 5.98. The molecule has 1 saturated heterocycles. The molecule has 1 fully saturated rings. The molecular weight excluding hydrogens is 482 g/mol. The monoisotopic (exact) mass is 506 g/mol. The minimum atomic E-state index is -2.74. The molecule has 3 aromatic heterocycles. The second kappa shape index (κ2) is 9.96. The van der Waals surface area contributed by atoms with Gasteiger partial charge >= 0.3 is 0 Å². The third kappa shape index (κ3) is 4.74. The van der Waals surface area contributed by atoms with Crippen LogP contribution >= 0.6 is 0 Å². The number of ether oxygens (including phenoxy) is 2. The number of halogens is 2. The molecule has 1 N–H and O–H groups in total. The number of H-pyrrole nitrogens is 1. The number of alkyl halides is 2. The summed E-state index contributed by atoms with van der Waals surface area (Å²) in [6, 6.07) is 9.63. The first-order valence-electron chi connectivity index (χ1n) is 11.7. The number of nitrogens with one attached hydrogen (secondary N) is 1. The number of carbonyl (C=O) groups is 1. The van der Waals surface area contributed by atoms with Crippen molar-refractivity contribution in [1.29, 1.82) is 0 Å². The lowest BCUT2D eigenvalue weighted by atomic mass is 9.97. The number of aromatic amines is 1. The summed E-state index contributed by atoms with van der Waals surface area (Å²) in [4.78, 5) is 36.8. The molecular formula is C27H24F2N4O4. The van der Waals surface area contributed by atoms with E-state index in [1.165, 1.54) is 37.7 Å². The van der Waals surface area contributed by atoms with Crippen molar-refractivity contribution in [2.75, 3.05) is 20.2 Å². The molecule has 37 heavy (non-hydrogen) atoms. The molecule has 8 nitrogen and oxygen atoms in total. The van der Waals surface area contributed by atoms with Gasteiger partial charge in [-0.25, -0.2) is 13.8 Å². The largest absolute Gasteiger partial charge is 0.488 e. The lowest BCUT2D eigenvalue weighted by Gasteiger charge is -2.19. The van der Waals surface area contributed by atoms with Gasteiger partial charge in [-0.3, -0.25) is 14.6 Å². The highest BCUT2D eigenvalue weighted by Gasteiger charge is 2.29. The number of pyridine rings is 3. The number of nitrogens with zero attached hydrogens (tertiary/aromatic N) is 3. The molecule has 0 radical (unpaired) electrons. The van der Waals surface area contributed by atoms with Crippen LogP contribution in [0.25, 0.3) is 22.0 Å². The zero-order valence-electron chi connectivity index (χ0n) is 20.2. The lowest BCUT2D eigenvalue weighted by Crippen LogP contribution is -2.31. The number of aromatic nitrogens is 3. The molecule has 1 aliphatic heterocycles. The van der Waals surface area contributed by atoms with Crippen LogP contribution in [0, 0.1) is 6.92 Å². The van der Waals surface area contributed by atoms with Crippen LogP contribution < -0.4 is 15.0 Å². The quantitative estimate of drug-likeness (QED) is 0.413. The van der Waals surface area contributed by atoms with Crippen LogP contribution in [0.2, 0.25) is 0 Å². The number of carbonyl (C=O) groups excluding carboxylic acids is 1. The van der Waals surface area contributed by atoms with Gasteiger partial charge in [-0.2, -0.15) is 0 Å². The maximum absolute atomic E-state index is 13.6. The summed E-state index contributed by atoms with van der Waals surface area (Å²) < 4.78 is 38.5. The lowest BCUT2D eigenvalue weighted by molar-refractivity contribution is 0.0772. The van der Waals surface area contributed by atoms with E-state index in [1.807, 2.05) is 19.1 Å². The SMILES string of the molecule is COc1ncc(-c2ccnc3ccc(O[C@H]4CCN(C(=O)c5ccc(=O)[nH]c5)C4)c(C)c23)cc1C(F)F. The number of fused-ring (bicyclic) bond motifs is 1. The number of benzene rings is 1. The molecule has 0 unspecified atom stereocenters. The molecule has 190 valence electrons. The molecule has 0 bridgehead atoms. The van der Waals surface area contributed by atoms with Crippen LogP contribution in [0.1, 0.15) is 34.3 Å². The molecule has 4 aromatic rings. The Kier molecular flexibility index (Phi) is 6.56. The number of amides is 1. The molecule has 1 aliphatic rings. The van der Waals surface area contributed by atoms with Crippen molar-refractivity contribution in [3.8, 4) is 22.8 Å². The second-order valence-electron chi connectivity index (χ2n) is 8.79. The van der Waals surface area contributed by atoms with E-state index in [2.05, 4.69) is 15.0 Å². The second-order valence-corrected chi connectivity index (χ2v) is 8.79. The summed E-state index contributed by atoms with van der Waals surface area (Å²) in [7, 11) is 1.31. The van der Waals surface area contributed by atoms with Gasteiger partial charge in [0, 0.05) is 54.1 Å². The predicted octanol–water partition coefficient (Wildman–Crippen LogP) is 4.53. The fourth-order valence-corrected chi connectivity index (χ4v) is 4.63. The Bertz CT molecular complexity index is 1520. The number of hydrogen-bond acceptors (Lipinski definition) is 6. The van der Waals surface area contributed by atoms with Gasteiger partial charge in [0.2, 0.25) is 11.4 Å². The van der Waals surface area contributed by atoms with E-state index in [1.54, 1.807) is 17.2 Å². The summed E-state index contributed by atoms with van der Waals surface area (Å²) in [5, 5.41) is 0.770. The molecule has 0 spiro atoms. The summed E-state index contributed by atoms with van der Waals surface area (Å²) >= 11 is 0. The van der Waals surface area contributed by atoms with Crippen LogP contribution in [0.3, 0.4) is 0 Å². The summed E-state index contributed by atoms with van der Waals surface area (Å²) in [5.74, 6) is 0.339. The van der Waals surface area contributed by atoms with Crippen LogP contribution in [-0.2, 0) is 0 Å². The normalized spacial score (nSPS) is 15.4. The Hall–Kier alpha value is -4.34. The molecule has 5 rings (SSSR count). The number of rotatable bonds is 6. The first kappa shape index (κ1) is 24.4. The number of aryl methyl sites for hydroxylation is 1. The van der Waals surface area contributed by atoms with Crippen LogP contribution in [0.15, 0.2) is 59.8 Å². The Morgan fingerprint density at radius 3 is 2.76 bits per heavy atom. The van der Waals surface area contributed by atoms with Crippen molar-refractivity contribution in [1.82, 2.24) is 19.9 Å². The maximum Gasteiger partial charge on any atom is 0.269 e.